The summed E-state index contributed by atoms with van der Waals surface area (Å²) in [7, 11) is 0. The van der Waals surface area contributed by atoms with Gasteiger partial charge in [0.1, 0.15) is 5.82 Å². The Labute approximate surface area is 108 Å². The highest BCUT2D eigenvalue weighted by Crippen LogP contribution is 2.22. The van der Waals surface area contributed by atoms with E-state index in [1.807, 2.05) is 6.08 Å². The summed E-state index contributed by atoms with van der Waals surface area (Å²) in [4.78, 5) is 0. The average molecular weight is 256 g/mol. The molecule has 1 aromatic carbocycles. The zero-order chi connectivity index (χ0) is 12.7. The second-order valence-corrected chi connectivity index (χ2v) is 4.38. The quantitative estimate of drug-likeness (QED) is 0.749. The van der Waals surface area contributed by atoms with E-state index in [1.165, 1.54) is 6.07 Å². The van der Waals surface area contributed by atoms with Crippen LogP contribution in [0, 0.1) is 5.82 Å². The third kappa shape index (κ3) is 4.49. The largest absolute Gasteiger partial charge is 0.313 e. The van der Waals surface area contributed by atoms with Crippen molar-refractivity contribution in [3.63, 3.8) is 0 Å². The predicted molar refractivity (Wildman–Crippen MR) is 72.8 cm³/mol. The van der Waals surface area contributed by atoms with Crippen molar-refractivity contribution < 1.29 is 4.39 Å². The van der Waals surface area contributed by atoms with Crippen LogP contribution in [0.3, 0.4) is 0 Å². The SMILES string of the molecule is CCCNCC(=Cc1c(F)cccc1Cl)CC. The minimum absolute atomic E-state index is 0.265. The van der Waals surface area contributed by atoms with Crippen molar-refractivity contribution in [3.05, 3.63) is 40.2 Å². The smallest absolute Gasteiger partial charge is 0.131 e. The molecule has 0 saturated carbocycles. The fraction of sp³-hybridized carbons (Fsp3) is 0.429. The van der Waals surface area contributed by atoms with Crippen LogP contribution >= 0.6 is 11.6 Å². The van der Waals surface area contributed by atoms with E-state index in [0.717, 1.165) is 31.5 Å². The summed E-state index contributed by atoms with van der Waals surface area (Å²) in [6.07, 6.45) is 3.83. The van der Waals surface area contributed by atoms with Gasteiger partial charge in [0, 0.05) is 12.1 Å². The normalized spacial score (nSPS) is 11.9. The van der Waals surface area contributed by atoms with Gasteiger partial charge < -0.3 is 5.32 Å². The van der Waals surface area contributed by atoms with E-state index in [2.05, 4.69) is 19.2 Å². The number of hydrogen-bond acceptors (Lipinski definition) is 1. The van der Waals surface area contributed by atoms with E-state index in [1.54, 1.807) is 12.1 Å². The molecule has 0 heterocycles. The van der Waals surface area contributed by atoms with Crippen LogP contribution < -0.4 is 5.32 Å². The lowest BCUT2D eigenvalue weighted by Gasteiger charge is -2.08. The minimum Gasteiger partial charge on any atom is -0.313 e. The molecule has 0 amide bonds. The second-order valence-electron chi connectivity index (χ2n) is 3.97. The molecule has 1 aromatic rings. The first-order valence-electron chi connectivity index (χ1n) is 6.03. The van der Waals surface area contributed by atoms with Crippen LogP contribution in [0.25, 0.3) is 6.08 Å². The van der Waals surface area contributed by atoms with Crippen LogP contribution in [0.15, 0.2) is 23.8 Å². The van der Waals surface area contributed by atoms with E-state index < -0.39 is 0 Å². The Hall–Kier alpha value is -0.860. The van der Waals surface area contributed by atoms with E-state index >= 15 is 0 Å². The van der Waals surface area contributed by atoms with Crippen molar-refractivity contribution in [1.29, 1.82) is 0 Å². The average Bonchev–Trinajstić information content (AvgIpc) is 2.32. The second kappa shape index (κ2) is 7.46. The van der Waals surface area contributed by atoms with Gasteiger partial charge in [0.25, 0.3) is 0 Å². The van der Waals surface area contributed by atoms with E-state index in [-0.39, 0.29) is 5.82 Å². The van der Waals surface area contributed by atoms with Gasteiger partial charge in [-0.3, -0.25) is 0 Å². The first-order chi connectivity index (χ1) is 8.19. The van der Waals surface area contributed by atoms with Gasteiger partial charge in [0.15, 0.2) is 0 Å². The molecule has 0 unspecified atom stereocenters. The van der Waals surface area contributed by atoms with Crippen LogP contribution in [0.1, 0.15) is 32.3 Å². The summed E-state index contributed by atoms with van der Waals surface area (Å²) >= 11 is 5.99. The molecule has 0 aliphatic rings. The molecule has 1 N–H and O–H groups in total. The van der Waals surface area contributed by atoms with E-state index in [9.17, 15) is 4.39 Å². The molecule has 0 saturated heterocycles. The van der Waals surface area contributed by atoms with E-state index in [4.69, 9.17) is 11.6 Å². The molecule has 3 heteroatoms. The highest BCUT2D eigenvalue weighted by Gasteiger charge is 2.05. The van der Waals surface area contributed by atoms with Crippen molar-refractivity contribution in [2.75, 3.05) is 13.1 Å². The topological polar surface area (TPSA) is 12.0 Å². The molecule has 0 bridgehead atoms. The molecule has 0 aliphatic heterocycles. The Morgan fingerprint density at radius 3 is 2.76 bits per heavy atom. The van der Waals surface area contributed by atoms with Gasteiger partial charge in [-0.1, -0.05) is 43.2 Å². The molecular formula is C14H19ClFN. The summed E-state index contributed by atoms with van der Waals surface area (Å²) in [5.41, 5.74) is 1.65. The maximum Gasteiger partial charge on any atom is 0.131 e. The first kappa shape index (κ1) is 14.2. The molecular weight excluding hydrogens is 237 g/mol. The lowest BCUT2D eigenvalue weighted by molar-refractivity contribution is 0.624. The summed E-state index contributed by atoms with van der Waals surface area (Å²) in [6, 6.07) is 4.77. The Morgan fingerprint density at radius 1 is 1.41 bits per heavy atom. The third-order valence-electron chi connectivity index (χ3n) is 2.58. The van der Waals surface area contributed by atoms with Crippen LogP contribution in [-0.2, 0) is 0 Å². The highest BCUT2D eigenvalue weighted by atomic mass is 35.5. The molecule has 0 radical (unpaired) electrons. The molecule has 0 aromatic heterocycles. The third-order valence-corrected chi connectivity index (χ3v) is 2.91. The number of benzene rings is 1. The predicted octanol–water partition coefficient (Wildman–Crippen LogP) is 4.27. The monoisotopic (exact) mass is 255 g/mol. The Bertz CT molecular complexity index is 368. The van der Waals surface area contributed by atoms with Crippen LogP contribution in [0.5, 0.6) is 0 Å². The number of hydrogen-bond donors (Lipinski definition) is 1. The van der Waals surface area contributed by atoms with Gasteiger partial charge in [-0.15, -0.1) is 0 Å². The van der Waals surface area contributed by atoms with Gasteiger partial charge >= 0.3 is 0 Å². The van der Waals surface area contributed by atoms with Gasteiger partial charge in [-0.05, 0) is 31.5 Å². The summed E-state index contributed by atoms with van der Waals surface area (Å²) in [6.45, 7) is 5.95. The Morgan fingerprint density at radius 2 is 2.18 bits per heavy atom. The van der Waals surface area contributed by atoms with Gasteiger partial charge in [0.2, 0.25) is 0 Å². The molecule has 0 atom stereocenters. The summed E-state index contributed by atoms with van der Waals surface area (Å²) in [5.74, 6) is -0.265. The molecule has 94 valence electrons. The van der Waals surface area contributed by atoms with Gasteiger partial charge in [-0.25, -0.2) is 4.39 Å². The highest BCUT2D eigenvalue weighted by molar-refractivity contribution is 6.32. The maximum absolute atomic E-state index is 13.6. The lowest BCUT2D eigenvalue weighted by atomic mass is 10.1. The zero-order valence-electron chi connectivity index (χ0n) is 10.4. The van der Waals surface area contributed by atoms with Crippen molar-refractivity contribution in [2.24, 2.45) is 0 Å². The molecule has 0 aliphatic carbocycles. The fourth-order valence-electron chi connectivity index (χ4n) is 1.56. The number of halogens is 2. The van der Waals surface area contributed by atoms with Crippen LogP contribution in [-0.4, -0.2) is 13.1 Å². The van der Waals surface area contributed by atoms with Crippen molar-refractivity contribution >= 4 is 17.7 Å². The van der Waals surface area contributed by atoms with Crippen molar-refractivity contribution in [1.82, 2.24) is 5.32 Å². The first-order valence-corrected chi connectivity index (χ1v) is 6.41. The molecule has 0 spiro atoms. The van der Waals surface area contributed by atoms with E-state index in [0.29, 0.717) is 10.6 Å². The number of nitrogens with one attached hydrogen (secondary N) is 1. The summed E-state index contributed by atoms with van der Waals surface area (Å²) in [5, 5.41) is 3.78. The van der Waals surface area contributed by atoms with Crippen LogP contribution in [0.2, 0.25) is 5.02 Å². The lowest BCUT2D eigenvalue weighted by Crippen LogP contribution is -2.17. The van der Waals surface area contributed by atoms with Crippen molar-refractivity contribution in [3.8, 4) is 0 Å². The van der Waals surface area contributed by atoms with Gasteiger partial charge in [-0.2, -0.15) is 0 Å². The molecule has 17 heavy (non-hydrogen) atoms. The maximum atomic E-state index is 13.6. The Kier molecular flexibility index (Phi) is 6.23. The molecule has 1 rings (SSSR count). The molecule has 1 nitrogen and oxygen atoms in total. The molecule has 0 fully saturated rings. The van der Waals surface area contributed by atoms with Crippen LogP contribution in [0.4, 0.5) is 4.39 Å². The minimum atomic E-state index is -0.265. The summed E-state index contributed by atoms with van der Waals surface area (Å²) < 4.78 is 13.6. The fourth-order valence-corrected chi connectivity index (χ4v) is 1.77. The number of rotatable bonds is 6. The zero-order valence-corrected chi connectivity index (χ0v) is 11.1. The Balaban J connectivity index is 2.83. The van der Waals surface area contributed by atoms with Gasteiger partial charge in [0.05, 0.1) is 5.02 Å². The standard InChI is InChI=1S/C14H19ClFN/c1-3-8-17-10-11(4-2)9-12-13(15)6-5-7-14(12)16/h5-7,9,17H,3-4,8,10H2,1-2H3. The van der Waals surface area contributed by atoms with Crippen molar-refractivity contribution in [2.45, 2.75) is 26.7 Å².